The minimum Gasteiger partial charge on any atom is -0.507 e. The molecule has 0 aliphatic heterocycles. The Morgan fingerprint density at radius 3 is 2.30 bits per heavy atom. The molecule has 5 N–H and O–H groups in total. The number of aliphatic hydroxyl groups is 2. The minimum absolute atomic E-state index is 0.181. The summed E-state index contributed by atoms with van der Waals surface area (Å²) in [5.74, 6) is -13.4. The molecule has 2 saturated carbocycles. The van der Waals surface area contributed by atoms with Crippen molar-refractivity contribution < 1.29 is 44.1 Å². The van der Waals surface area contributed by atoms with Crippen LogP contribution in [0.4, 0.5) is 0 Å². The first-order valence-corrected chi connectivity index (χ1v) is 11.7. The highest BCUT2D eigenvalue weighted by molar-refractivity contribution is 6.31. The molecular weight excluding hydrogens is 482 g/mol. The zero-order valence-corrected chi connectivity index (χ0v) is 19.6. The maximum absolute atomic E-state index is 13.7. The van der Waals surface area contributed by atoms with Crippen molar-refractivity contribution >= 4 is 35.3 Å². The third-order valence-electron chi connectivity index (χ3n) is 8.19. The van der Waals surface area contributed by atoms with Crippen molar-refractivity contribution in [1.82, 2.24) is 0 Å². The molecule has 0 spiro atoms. The molecular formula is C27H23NO9. The van der Waals surface area contributed by atoms with Gasteiger partial charge in [0.25, 0.3) is 0 Å². The van der Waals surface area contributed by atoms with Crippen molar-refractivity contribution in [2.24, 2.45) is 29.4 Å². The lowest BCUT2D eigenvalue weighted by Gasteiger charge is -2.53. The van der Waals surface area contributed by atoms with Crippen molar-refractivity contribution in [3.63, 3.8) is 0 Å². The average molecular weight is 505 g/mol. The van der Waals surface area contributed by atoms with E-state index in [2.05, 4.69) is 0 Å². The van der Waals surface area contributed by atoms with E-state index in [4.69, 9.17) is 5.73 Å². The minimum atomic E-state index is -2.96. The van der Waals surface area contributed by atoms with Crippen molar-refractivity contribution in [1.29, 1.82) is 0 Å². The third-order valence-corrected chi connectivity index (χ3v) is 8.19. The van der Waals surface area contributed by atoms with E-state index in [0.717, 1.165) is 0 Å². The molecule has 0 bridgehead atoms. The predicted molar refractivity (Wildman–Crippen MR) is 125 cm³/mol. The number of carbonyl (C=O) groups excluding carboxylic acids is 6. The summed E-state index contributed by atoms with van der Waals surface area (Å²) in [4.78, 5) is 75.9. The number of ketones is 4. The number of benzene rings is 2. The molecule has 0 radical (unpaired) electrons. The summed E-state index contributed by atoms with van der Waals surface area (Å²) in [5.41, 5.74) is 3.95. The maximum Gasteiger partial charge on any atom is 0.235 e. The Hall–Kier alpha value is -4.02. The largest absolute Gasteiger partial charge is 0.507 e. The quantitative estimate of drug-likeness (QED) is 0.337. The molecule has 2 aromatic carbocycles. The number of aliphatic hydroxyl groups excluding tert-OH is 1. The highest BCUT2D eigenvalue weighted by Crippen LogP contribution is 2.55. The Morgan fingerprint density at radius 2 is 1.70 bits per heavy atom. The van der Waals surface area contributed by atoms with Crippen LogP contribution in [0.3, 0.4) is 0 Å². The fourth-order valence-electron chi connectivity index (χ4n) is 6.43. The molecule has 1 amide bonds. The topological polar surface area (TPSA) is 189 Å². The highest BCUT2D eigenvalue weighted by atomic mass is 16.3. The molecule has 10 heteroatoms. The van der Waals surface area contributed by atoms with Gasteiger partial charge in [-0.15, -0.1) is 0 Å². The van der Waals surface area contributed by atoms with Crippen LogP contribution in [0.25, 0.3) is 11.1 Å². The lowest BCUT2D eigenvalue weighted by Crippen LogP contribution is -2.72. The molecule has 3 aliphatic rings. The van der Waals surface area contributed by atoms with Crippen molar-refractivity contribution in [2.45, 2.75) is 31.0 Å². The molecule has 37 heavy (non-hydrogen) atoms. The first-order chi connectivity index (χ1) is 17.4. The predicted octanol–water partition coefficient (Wildman–Crippen LogP) is 0.338. The van der Waals surface area contributed by atoms with Gasteiger partial charge in [0.15, 0.2) is 34.7 Å². The number of phenols is 1. The van der Waals surface area contributed by atoms with Gasteiger partial charge in [0.1, 0.15) is 12.0 Å². The van der Waals surface area contributed by atoms with Crippen LogP contribution in [0.1, 0.15) is 45.5 Å². The van der Waals surface area contributed by atoms with Crippen LogP contribution in [0.15, 0.2) is 36.4 Å². The first-order valence-electron chi connectivity index (χ1n) is 11.7. The second-order valence-electron chi connectivity index (χ2n) is 9.97. The zero-order chi connectivity index (χ0) is 27.0. The van der Waals surface area contributed by atoms with Crippen LogP contribution in [0.5, 0.6) is 5.75 Å². The van der Waals surface area contributed by atoms with E-state index in [-0.39, 0.29) is 5.56 Å². The van der Waals surface area contributed by atoms with Gasteiger partial charge in [0.05, 0.1) is 17.6 Å². The second-order valence-corrected chi connectivity index (χ2v) is 9.97. The van der Waals surface area contributed by atoms with E-state index in [1.807, 2.05) is 0 Å². The Labute approximate surface area is 210 Å². The summed E-state index contributed by atoms with van der Waals surface area (Å²) in [6.45, 7) is 1.64. The van der Waals surface area contributed by atoms with Gasteiger partial charge in [-0.25, -0.2) is 0 Å². The molecule has 10 nitrogen and oxygen atoms in total. The monoisotopic (exact) mass is 505 g/mol. The Bertz CT molecular complexity index is 1410. The number of amides is 1. The normalized spacial score (nSPS) is 32.8. The molecule has 2 fully saturated rings. The molecule has 3 aliphatic carbocycles. The average Bonchev–Trinajstić information content (AvgIpc) is 2.86. The molecule has 5 rings (SSSR count). The lowest BCUT2D eigenvalue weighted by molar-refractivity contribution is -0.189. The second kappa shape index (κ2) is 8.25. The van der Waals surface area contributed by atoms with Crippen LogP contribution in [0.2, 0.25) is 0 Å². The summed E-state index contributed by atoms with van der Waals surface area (Å²) in [6.07, 6.45) is -1.62. The molecule has 0 aromatic heterocycles. The lowest BCUT2D eigenvalue weighted by atomic mass is 9.50. The van der Waals surface area contributed by atoms with Gasteiger partial charge in [-0.2, -0.15) is 0 Å². The van der Waals surface area contributed by atoms with Crippen LogP contribution in [-0.4, -0.2) is 62.4 Å². The standard InChI is InChI=1S/C27H23NO9/c1-10-17-13(12-4-2-11(9-29)3-5-12)6-7-15(30)19(17)23(33)21-18(10)22(32)14-8-16(31)20(26(28)36)24(34)27(14,37)25(21)35/h2-7,9-10,14,18,20-22,30,32,37H,8H2,1H3,(H2,28,36)/t10-,14+,18+,20?,21?,22+,27+/m0/s1. The Balaban J connectivity index is 1.69. The maximum atomic E-state index is 13.7. The number of fused-ring (bicyclic) bond motifs is 3. The molecule has 0 heterocycles. The van der Waals surface area contributed by atoms with Gasteiger partial charge in [-0.1, -0.05) is 37.3 Å². The molecule has 0 saturated heterocycles. The fraction of sp³-hybridized carbons (Fsp3) is 0.333. The summed E-state index contributed by atoms with van der Waals surface area (Å²) in [6, 6.07) is 9.32. The van der Waals surface area contributed by atoms with Gasteiger partial charge in [0, 0.05) is 23.8 Å². The number of carbonyl (C=O) groups is 6. The first kappa shape index (κ1) is 24.7. The smallest absolute Gasteiger partial charge is 0.235 e. The number of nitrogens with two attached hydrogens (primary N) is 1. The van der Waals surface area contributed by atoms with E-state index in [9.17, 15) is 44.1 Å². The number of aromatic hydroxyl groups is 1. The van der Waals surface area contributed by atoms with Crippen molar-refractivity contribution in [3.05, 3.63) is 53.1 Å². The number of aldehydes is 1. The van der Waals surface area contributed by atoms with Gasteiger partial charge in [-0.3, -0.25) is 28.8 Å². The number of Topliss-reactive ketones (excluding diaryl/α,β-unsaturated/α-hetero) is 4. The highest BCUT2D eigenvalue weighted by Gasteiger charge is 2.70. The zero-order valence-electron chi connectivity index (χ0n) is 19.6. The van der Waals surface area contributed by atoms with Gasteiger partial charge in [-0.05, 0) is 28.7 Å². The number of rotatable bonds is 3. The summed E-state index contributed by atoms with van der Waals surface area (Å²) >= 11 is 0. The van der Waals surface area contributed by atoms with E-state index in [1.54, 1.807) is 37.3 Å². The van der Waals surface area contributed by atoms with E-state index >= 15 is 0 Å². The van der Waals surface area contributed by atoms with Crippen molar-refractivity contribution in [3.8, 4) is 16.9 Å². The van der Waals surface area contributed by atoms with E-state index < -0.39 is 82.5 Å². The Kier molecular flexibility index (Phi) is 5.50. The molecule has 2 aromatic rings. The molecule has 7 atom stereocenters. The number of hydrogen-bond donors (Lipinski definition) is 4. The summed E-state index contributed by atoms with van der Waals surface area (Å²) < 4.78 is 0. The number of primary amides is 1. The van der Waals surface area contributed by atoms with Gasteiger partial charge in [0.2, 0.25) is 5.91 Å². The van der Waals surface area contributed by atoms with Crippen LogP contribution in [0, 0.1) is 23.7 Å². The Morgan fingerprint density at radius 1 is 1.05 bits per heavy atom. The molecule has 2 unspecified atom stereocenters. The number of hydrogen-bond acceptors (Lipinski definition) is 9. The van der Waals surface area contributed by atoms with Crippen LogP contribution < -0.4 is 5.73 Å². The molecule has 190 valence electrons. The third kappa shape index (κ3) is 3.19. The summed E-state index contributed by atoms with van der Waals surface area (Å²) in [7, 11) is 0. The van der Waals surface area contributed by atoms with Crippen LogP contribution in [-0.2, 0) is 19.2 Å². The number of phenolic OH excluding ortho intramolecular Hbond substituents is 1. The van der Waals surface area contributed by atoms with Gasteiger partial charge >= 0.3 is 0 Å². The van der Waals surface area contributed by atoms with E-state index in [1.165, 1.54) is 6.07 Å². The van der Waals surface area contributed by atoms with Crippen molar-refractivity contribution in [2.75, 3.05) is 0 Å². The van der Waals surface area contributed by atoms with Crippen LogP contribution >= 0.6 is 0 Å². The SMILES string of the molecule is C[C@H]1c2c(-c3ccc(C=O)cc3)ccc(O)c2C(=O)C2C(=O)[C@]3(O)C(=O)C(C(N)=O)C(=O)C[C@@H]3[C@@H](O)[C@@H]21. The van der Waals surface area contributed by atoms with Gasteiger partial charge < -0.3 is 21.1 Å². The fourth-order valence-corrected chi connectivity index (χ4v) is 6.43. The summed E-state index contributed by atoms with van der Waals surface area (Å²) in [5, 5.41) is 33.3. The van der Waals surface area contributed by atoms with E-state index in [0.29, 0.717) is 28.5 Å².